The summed E-state index contributed by atoms with van der Waals surface area (Å²) < 4.78 is 0. The van der Waals surface area contributed by atoms with E-state index in [1.807, 2.05) is 12.4 Å². The predicted octanol–water partition coefficient (Wildman–Crippen LogP) is 2.67. The Morgan fingerprint density at radius 2 is 2.04 bits per heavy atom. The minimum absolute atomic E-state index is 0.304. The third-order valence-corrected chi connectivity index (χ3v) is 6.07. The van der Waals surface area contributed by atoms with Crippen LogP contribution in [0.3, 0.4) is 0 Å². The van der Waals surface area contributed by atoms with Crippen LogP contribution in [0.25, 0.3) is 0 Å². The molecule has 6 nitrogen and oxygen atoms in total. The second-order valence-electron chi connectivity index (χ2n) is 8.41. The van der Waals surface area contributed by atoms with Gasteiger partial charge in [-0.3, -0.25) is 9.69 Å². The molecule has 0 radical (unpaired) electrons. The van der Waals surface area contributed by atoms with E-state index in [1.165, 1.54) is 31.2 Å². The molecule has 2 saturated heterocycles. The highest BCUT2D eigenvalue weighted by Gasteiger charge is 2.45. The average molecular weight is 358 g/mol. The van der Waals surface area contributed by atoms with Gasteiger partial charge < -0.3 is 10.2 Å². The summed E-state index contributed by atoms with van der Waals surface area (Å²) in [5, 5.41) is 3.22. The lowest BCUT2D eigenvalue weighted by Gasteiger charge is -2.48. The van der Waals surface area contributed by atoms with E-state index in [4.69, 9.17) is 0 Å². The quantitative estimate of drug-likeness (QED) is 0.848. The van der Waals surface area contributed by atoms with E-state index in [1.54, 1.807) is 0 Å². The summed E-state index contributed by atoms with van der Waals surface area (Å²) in [5.74, 6) is 1.11. The van der Waals surface area contributed by atoms with Crippen LogP contribution in [0, 0.1) is 5.41 Å². The number of nitrogens with zero attached hydrogens (tertiary/aromatic N) is 4. The van der Waals surface area contributed by atoms with E-state index < -0.39 is 0 Å². The summed E-state index contributed by atoms with van der Waals surface area (Å²) in [5.41, 5.74) is 1.48. The van der Waals surface area contributed by atoms with Crippen molar-refractivity contribution in [2.24, 2.45) is 5.41 Å². The maximum Gasteiger partial charge on any atom is 0.222 e. The Balaban J connectivity index is 1.36. The molecule has 1 N–H and O–H groups in total. The second kappa shape index (κ2) is 7.51. The van der Waals surface area contributed by atoms with Crippen molar-refractivity contribution in [1.29, 1.82) is 0 Å². The summed E-state index contributed by atoms with van der Waals surface area (Å²) in [6.45, 7) is 7.16. The van der Waals surface area contributed by atoms with Crippen LogP contribution >= 0.6 is 0 Å². The number of amides is 1. The van der Waals surface area contributed by atoms with Gasteiger partial charge >= 0.3 is 0 Å². The average Bonchev–Trinajstić information content (AvgIpc) is 3.49. The lowest BCUT2D eigenvalue weighted by molar-refractivity contribution is -0.140. The lowest BCUT2D eigenvalue weighted by Crippen LogP contribution is -2.54. The number of anilines is 1. The number of rotatable bonds is 6. The number of aromatic nitrogens is 2. The Labute approximate surface area is 156 Å². The molecule has 1 saturated carbocycles. The lowest BCUT2D eigenvalue weighted by atomic mass is 9.73. The third-order valence-electron chi connectivity index (χ3n) is 6.07. The van der Waals surface area contributed by atoms with Crippen LogP contribution in [0.5, 0.6) is 0 Å². The fourth-order valence-corrected chi connectivity index (χ4v) is 4.56. The summed E-state index contributed by atoms with van der Waals surface area (Å²) in [6, 6.07) is 0.548. The van der Waals surface area contributed by atoms with E-state index in [2.05, 4.69) is 32.0 Å². The SMILES string of the molecule is CCCNc1ncc(CN2CCC[C@]3(CCC(=O)N(C4CC4)C3)C2)cn1. The van der Waals surface area contributed by atoms with Gasteiger partial charge in [0.15, 0.2) is 0 Å². The number of carbonyl (C=O) groups is 1. The van der Waals surface area contributed by atoms with Gasteiger partial charge in [-0.2, -0.15) is 0 Å². The van der Waals surface area contributed by atoms with Gasteiger partial charge in [0, 0.05) is 62.0 Å². The molecular weight excluding hydrogens is 326 g/mol. The summed E-state index contributed by atoms with van der Waals surface area (Å²) >= 11 is 0. The molecule has 1 aliphatic carbocycles. The van der Waals surface area contributed by atoms with Crippen molar-refractivity contribution in [2.45, 2.75) is 64.5 Å². The van der Waals surface area contributed by atoms with Crippen molar-refractivity contribution in [1.82, 2.24) is 19.8 Å². The zero-order valence-electron chi connectivity index (χ0n) is 15.9. The first-order valence-corrected chi connectivity index (χ1v) is 10.2. The van der Waals surface area contributed by atoms with E-state index in [9.17, 15) is 4.79 Å². The second-order valence-corrected chi connectivity index (χ2v) is 8.41. The molecule has 142 valence electrons. The molecule has 3 aliphatic rings. The summed E-state index contributed by atoms with van der Waals surface area (Å²) in [6.07, 6.45) is 11.7. The molecule has 1 aromatic rings. The van der Waals surface area contributed by atoms with Crippen LogP contribution in [-0.2, 0) is 11.3 Å². The van der Waals surface area contributed by atoms with Crippen LogP contribution in [0.2, 0.25) is 0 Å². The number of hydrogen-bond acceptors (Lipinski definition) is 5. The van der Waals surface area contributed by atoms with E-state index in [0.717, 1.165) is 57.9 Å². The zero-order chi connectivity index (χ0) is 18.0. The molecule has 1 amide bonds. The van der Waals surface area contributed by atoms with Gasteiger partial charge in [0.2, 0.25) is 11.9 Å². The highest BCUT2D eigenvalue weighted by atomic mass is 16.2. The van der Waals surface area contributed by atoms with Crippen molar-refractivity contribution in [2.75, 3.05) is 31.5 Å². The molecule has 0 aromatic carbocycles. The van der Waals surface area contributed by atoms with Crippen molar-refractivity contribution < 1.29 is 4.79 Å². The number of piperidine rings is 2. The Morgan fingerprint density at radius 3 is 2.77 bits per heavy atom. The van der Waals surface area contributed by atoms with Crippen molar-refractivity contribution >= 4 is 11.9 Å². The predicted molar refractivity (Wildman–Crippen MR) is 102 cm³/mol. The van der Waals surface area contributed by atoms with Crippen molar-refractivity contribution in [3.63, 3.8) is 0 Å². The van der Waals surface area contributed by atoms with Crippen molar-refractivity contribution in [3.8, 4) is 0 Å². The van der Waals surface area contributed by atoms with Crippen LogP contribution in [0.4, 0.5) is 5.95 Å². The Morgan fingerprint density at radius 1 is 1.23 bits per heavy atom. The smallest absolute Gasteiger partial charge is 0.222 e. The van der Waals surface area contributed by atoms with Crippen LogP contribution < -0.4 is 5.32 Å². The Hall–Kier alpha value is -1.69. The van der Waals surface area contributed by atoms with Crippen LogP contribution in [0.1, 0.15) is 57.4 Å². The molecule has 3 heterocycles. The monoisotopic (exact) mass is 357 g/mol. The van der Waals surface area contributed by atoms with Gasteiger partial charge in [-0.15, -0.1) is 0 Å². The van der Waals surface area contributed by atoms with Gasteiger partial charge in [-0.1, -0.05) is 6.92 Å². The third kappa shape index (κ3) is 4.00. The molecular formula is C20H31N5O. The van der Waals surface area contributed by atoms with Crippen molar-refractivity contribution in [3.05, 3.63) is 18.0 Å². The van der Waals surface area contributed by atoms with Gasteiger partial charge in [0.1, 0.15) is 0 Å². The van der Waals surface area contributed by atoms with E-state index in [0.29, 0.717) is 17.4 Å². The molecule has 1 atom stereocenters. The molecule has 1 spiro atoms. The summed E-state index contributed by atoms with van der Waals surface area (Å²) in [7, 11) is 0. The molecule has 6 heteroatoms. The standard InChI is InChI=1S/C20H31N5O/c1-2-9-21-19-22-11-16(12-23-19)13-24-10-3-7-20(14-24)8-6-18(26)25(15-20)17-4-5-17/h11-12,17H,2-10,13-15H2,1H3,(H,21,22,23)/t20-/m0/s1. The van der Waals surface area contributed by atoms with E-state index >= 15 is 0 Å². The first-order valence-electron chi connectivity index (χ1n) is 10.2. The van der Waals surface area contributed by atoms with Crippen LogP contribution in [-0.4, -0.2) is 57.9 Å². The molecule has 1 aromatic heterocycles. The van der Waals surface area contributed by atoms with Crippen LogP contribution in [0.15, 0.2) is 12.4 Å². The normalized spacial score (nSPS) is 27.1. The first-order chi connectivity index (χ1) is 12.7. The highest BCUT2D eigenvalue weighted by Crippen LogP contribution is 2.42. The summed E-state index contributed by atoms with van der Waals surface area (Å²) in [4.78, 5) is 25.9. The first kappa shape index (κ1) is 17.7. The molecule has 0 bridgehead atoms. The number of nitrogens with one attached hydrogen (secondary N) is 1. The maximum absolute atomic E-state index is 12.3. The minimum atomic E-state index is 0.304. The number of hydrogen-bond donors (Lipinski definition) is 1. The Bertz CT molecular complexity index is 630. The minimum Gasteiger partial charge on any atom is -0.354 e. The Kier molecular flexibility index (Phi) is 5.11. The maximum atomic E-state index is 12.3. The zero-order valence-corrected chi connectivity index (χ0v) is 15.9. The molecule has 3 fully saturated rings. The largest absolute Gasteiger partial charge is 0.354 e. The fraction of sp³-hybridized carbons (Fsp3) is 0.750. The molecule has 4 rings (SSSR count). The van der Waals surface area contributed by atoms with Gasteiger partial charge in [0.05, 0.1) is 0 Å². The van der Waals surface area contributed by atoms with Gasteiger partial charge in [-0.25, -0.2) is 9.97 Å². The molecule has 2 aliphatic heterocycles. The highest BCUT2D eigenvalue weighted by molar-refractivity contribution is 5.78. The van der Waals surface area contributed by atoms with E-state index in [-0.39, 0.29) is 0 Å². The topological polar surface area (TPSA) is 61.4 Å². The molecule has 0 unspecified atom stereocenters. The fourth-order valence-electron chi connectivity index (χ4n) is 4.56. The van der Waals surface area contributed by atoms with Gasteiger partial charge in [-0.05, 0) is 45.1 Å². The number of likely N-dealkylation sites (tertiary alicyclic amines) is 2. The number of carbonyl (C=O) groups excluding carboxylic acids is 1. The van der Waals surface area contributed by atoms with Gasteiger partial charge in [0.25, 0.3) is 0 Å². The molecule has 26 heavy (non-hydrogen) atoms.